The van der Waals surface area contributed by atoms with Gasteiger partial charge in [-0.3, -0.25) is 19.7 Å². The molecule has 11 heteroatoms. The number of carbonyl (C=O) groups is 4. The van der Waals surface area contributed by atoms with Crippen LogP contribution in [0.3, 0.4) is 0 Å². The number of likely N-dealkylation sites (N-methyl/N-ethyl adjacent to an activating group) is 1. The van der Waals surface area contributed by atoms with Crippen LogP contribution in [0.15, 0.2) is 35.9 Å². The van der Waals surface area contributed by atoms with Crippen molar-refractivity contribution in [3.05, 3.63) is 50.6 Å². The molecule has 10 nitrogen and oxygen atoms in total. The lowest BCUT2D eigenvalue weighted by molar-refractivity contribution is -0.127. The van der Waals surface area contributed by atoms with Crippen LogP contribution < -0.4 is 24.4 Å². The Morgan fingerprint density at radius 1 is 1.17 bits per heavy atom. The number of nitrogens with zero attached hydrogens (tertiary/aromatic N) is 2. The molecule has 0 aromatic heterocycles. The van der Waals surface area contributed by atoms with Crippen LogP contribution in [0.4, 0.5) is 10.5 Å². The topological polar surface area (TPSA) is 114 Å². The molecule has 0 aliphatic carbocycles. The molecule has 2 aromatic rings. The van der Waals surface area contributed by atoms with Crippen LogP contribution in [0.25, 0.3) is 5.57 Å². The summed E-state index contributed by atoms with van der Waals surface area (Å²) in [6.07, 6.45) is 0.388. The van der Waals surface area contributed by atoms with Crippen molar-refractivity contribution in [2.75, 3.05) is 32.4 Å². The van der Waals surface area contributed by atoms with Gasteiger partial charge < -0.3 is 19.1 Å². The van der Waals surface area contributed by atoms with Crippen LogP contribution in [0, 0.1) is 3.57 Å². The molecular formula is C25H24IN3O7. The molecule has 1 fully saturated rings. The maximum atomic E-state index is 13.6. The lowest BCUT2D eigenvalue weighted by Crippen LogP contribution is -2.54. The molecule has 0 unspecified atom stereocenters. The Balaban J connectivity index is 1.87. The number of rotatable bonds is 6. The summed E-state index contributed by atoms with van der Waals surface area (Å²) in [4.78, 5) is 53.4. The number of hydrogen-bond acceptors (Lipinski definition) is 7. The van der Waals surface area contributed by atoms with Crippen LogP contribution in [-0.2, 0) is 20.8 Å². The summed E-state index contributed by atoms with van der Waals surface area (Å²) >= 11 is 2.12. The number of carbonyl (C=O) groups excluding carboxylic acids is 4. The summed E-state index contributed by atoms with van der Waals surface area (Å²) in [5, 5.41) is 2.27. The summed E-state index contributed by atoms with van der Waals surface area (Å²) in [6.45, 7) is 3.45. The van der Waals surface area contributed by atoms with Crippen molar-refractivity contribution in [3.8, 4) is 17.2 Å². The molecule has 5 amide bonds. The number of hydrogen-bond donors (Lipinski definition) is 1. The largest absolute Gasteiger partial charge is 0.492 e. The van der Waals surface area contributed by atoms with E-state index in [9.17, 15) is 19.2 Å². The van der Waals surface area contributed by atoms with E-state index in [1.807, 2.05) is 0 Å². The zero-order valence-corrected chi connectivity index (χ0v) is 22.3. The Hall–Kier alpha value is -3.61. The number of ether oxygens (including phenoxy) is 3. The van der Waals surface area contributed by atoms with Crippen LogP contribution in [-0.4, -0.2) is 56.1 Å². The standard InChI is InChI=1S/C25H24IN3O7/c1-13(20-23(31)27-25(33)29(24(20)32)17-7-5-16(26)6-8-17)19-15(9-10-28(3)14(2)30)11-18-21(22(19)34-4)36-12-35-18/h5-8,11H,9-10,12H2,1-4H3,(H,27,31,33). The summed E-state index contributed by atoms with van der Waals surface area (Å²) in [5.74, 6) is -0.555. The molecule has 0 atom stereocenters. The van der Waals surface area contributed by atoms with Gasteiger partial charge in [0.25, 0.3) is 11.8 Å². The second-order valence-corrected chi connectivity index (χ2v) is 9.49. The van der Waals surface area contributed by atoms with Gasteiger partial charge in [0.05, 0.1) is 12.8 Å². The fourth-order valence-electron chi connectivity index (χ4n) is 4.11. The number of imide groups is 2. The molecule has 2 heterocycles. The van der Waals surface area contributed by atoms with Crippen molar-refractivity contribution >= 4 is 57.6 Å². The number of allylic oxidation sites excluding steroid dienone is 1. The van der Waals surface area contributed by atoms with Gasteiger partial charge in [-0.05, 0) is 77.4 Å². The minimum absolute atomic E-state index is 0.00788. The maximum absolute atomic E-state index is 13.6. The van der Waals surface area contributed by atoms with E-state index in [4.69, 9.17) is 14.2 Å². The first kappa shape index (κ1) is 25.5. The fourth-order valence-corrected chi connectivity index (χ4v) is 4.47. The fraction of sp³-hybridized carbons (Fsp3) is 0.280. The number of methoxy groups -OCH3 is 1. The van der Waals surface area contributed by atoms with Crippen molar-refractivity contribution in [2.24, 2.45) is 0 Å². The minimum Gasteiger partial charge on any atom is -0.492 e. The van der Waals surface area contributed by atoms with Crippen molar-refractivity contribution in [1.82, 2.24) is 10.2 Å². The van der Waals surface area contributed by atoms with Gasteiger partial charge in [0.15, 0.2) is 11.5 Å². The predicted octanol–water partition coefficient (Wildman–Crippen LogP) is 3.11. The van der Waals surface area contributed by atoms with E-state index in [2.05, 4.69) is 27.9 Å². The van der Waals surface area contributed by atoms with E-state index in [1.54, 1.807) is 49.2 Å². The van der Waals surface area contributed by atoms with Gasteiger partial charge in [-0.15, -0.1) is 0 Å². The van der Waals surface area contributed by atoms with Gasteiger partial charge in [-0.2, -0.15) is 0 Å². The average molecular weight is 605 g/mol. The highest BCUT2D eigenvalue weighted by Crippen LogP contribution is 2.48. The molecule has 0 bridgehead atoms. The number of nitrogens with one attached hydrogen (secondary N) is 1. The molecule has 0 radical (unpaired) electrons. The number of benzene rings is 2. The lowest BCUT2D eigenvalue weighted by atomic mass is 9.91. The summed E-state index contributed by atoms with van der Waals surface area (Å²) in [7, 11) is 3.13. The molecule has 36 heavy (non-hydrogen) atoms. The molecule has 1 saturated heterocycles. The number of fused-ring (bicyclic) bond motifs is 1. The van der Waals surface area contributed by atoms with E-state index in [-0.39, 0.29) is 18.3 Å². The van der Waals surface area contributed by atoms with E-state index in [0.717, 1.165) is 8.47 Å². The Morgan fingerprint density at radius 3 is 2.50 bits per heavy atom. The normalized spacial score (nSPS) is 16.1. The van der Waals surface area contributed by atoms with Crippen LogP contribution in [0.2, 0.25) is 0 Å². The van der Waals surface area contributed by atoms with Crippen molar-refractivity contribution in [3.63, 3.8) is 0 Å². The third-order valence-electron chi connectivity index (χ3n) is 6.06. The van der Waals surface area contributed by atoms with Gasteiger partial charge in [-0.1, -0.05) is 0 Å². The van der Waals surface area contributed by atoms with Crippen LogP contribution in [0.5, 0.6) is 17.2 Å². The monoisotopic (exact) mass is 605 g/mol. The second-order valence-electron chi connectivity index (χ2n) is 8.24. The average Bonchev–Trinajstić information content (AvgIpc) is 3.30. The first-order valence-electron chi connectivity index (χ1n) is 11.0. The second kappa shape index (κ2) is 10.2. The van der Waals surface area contributed by atoms with E-state index in [0.29, 0.717) is 52.6 Å². The predicted molar refractivity (Wildman–Crippen MR) is 139 cm³/mol. The number of halogens is 1. The molecule has 0 spiro atoms. The first-order chi connectivity index (χ1) is 17.1. The molecule has 0 saturated carbocycles. The molecule has 2 aliphatic heterocycles. The first-order valence-corrected chi connectivity index (χ1v) is 12.1. The van der Waals surface area contributed by atoms with Crippen LogP contribution in [0.1, 0.15) is 25.0 Å². The number of amides is 5. The number of anilines is 1. The van der Waals surface area contributed by atoms with Gasteiger partial charge in [0, 0.05) is 29.6 Å². The van der Waals surface area contributed by atoms with Crippen molar-refractivity contribution in [2.45, 2.75) is 20.3 Å². The van der Waals surface area contributed by atoms with Crippen LogP contribution >= 0.6 is 22.6 Å². The zero-order valence-electron chi connectivity index (χ0n) is 20.1. The van der Waals surface area contributed by atoms with Gasteiger partial charge >= 0.3 is 6.03 Å². The highest BCUT2D eigenvalue weighted by Gasteiger charge is 2.39. The SMILES string of the molecule is COc1c2c(cc(CCN(C)C(C)=O)c1C(C)=C1C(=O)NC(=O)N(c3ccc(I)cc3)C1=O)OCO2. The van der Waals surface area contributed by atoms with Gasteiger partial charge in [0.1, 0.15) is 5.57 Å². The van der Waals surface area contributed by atoms with Gasteiger partial charge in [-0.25, -0.2) is 9.69 Å². The Bertz CT molecular complexity index is 1300. The molecule has 2 aliphatic rings. The highest BCUT2D eigenvalue weighted by molar-refractivity contribution is 14.1. The Morgan fingerprint density at radius 2 is 1.86 bits per heavy atom. The summed E-state index contributed by atoms with van der Waals surface area (Å²) in [6, 6.07) is 7.70. The Labute approximate surface area is 221 Å². The molecule has 188 valence electrons. The summed E-state index contributed by atoms with van der Waals surface area (Å²) < 4.78 is 17.8. The maximum Gasteiger partial charge on any atom is 0.335 e. The smallest absolute Gasteiger partial charge is 0.335 e. The molecule has 1 N–H and O–H groups in total. The third-order valence-corrected chi connectivity index (χ3v) is 6.78. The highest BCUT2D eigenvalue weighted by atomic mass is 127. The van der Waals surface area contributed by atoms with E-state index >= 15 is 0 Å². The van der Waals surface area contributed by atoms with Crippen molar-refractivity contribution in [1.29, 1.82) is 0 Å². The Kier molecular flexibility index (Phi) is 7.20. The summed E-state index contributed by atoms with van der Waals surface area (Å²) in [5.41, 5.74) is 1.58. The van der Waals surface area contributed by atoms with E-state index in [1.165, 1.54) is 14.0 Å². The number of urea groups is 1. The van der Waals surface area contributed by atoms with Crippen molar-refractivity contribution < 1.29 is 33.4 Å². The zero-order chi connectivity index (χ0) is 26.1. The number of barbiturate groups is 1. The lowest BCUT2D eigenvalue weighted by Gasteiger charge is -2.28. The van der Waals surface area contributed by atoms with E-state index < -0.39 is 17.8 Å². The van der Waals surface area contributed by atoms with Gasteiger partial charge in [0.2, 0.25) is 18.4 Å². The third kappa shape index (κ3) is 4.62. The molecule has 4 rings (SSSR count). The molecular weight excluding hydrogens is 581 g/mol. The molecule has 2 aromatic carbocycles. The minimum atomic E-state index is -0.830. The quantitative estimate of drug-likeness (QED) is 0.306.